The summed E-state index contributed by atoms with van der Waals surface area (Å²) in [6, 6.07) is 41.1. The fraction of sp³-hybridized carbons (Fsp3) is 0.172. The number of anilines is 2. The van der Waals surface area contributed by atoms with Gasteiger partial charge in [0.15, 0.2) is 0 Å². The van der Waals surface area contributed by atoms with Crippen LogP contribution in [0.5, 0.6) is 11.5 Å². The zero-order valence-corrected chi connectivity index (χ0v) is 38.2. The van der Waals surface area contributed by atoms with E-state index in [1.807, 2.05) is 60.7 Å². The molecule has 0 heterocycles. The van der Waals surface area contributed by atoms with Crippen molar-refractivity contribution in [2.75, 3.05) is 37.1 Å². The van der Waals surface area contributed by atoms with Gasteiger partial charge < -0.3 is 29.6 Å². The number of nitrogens with one attached hydrogen (secondary N) is 2. The highest BCUT2D eigenvalue weighted by Gasteiger charge is 2.10. The molecule has 0 spiro atoms. The maximum atomic E-state index is 12.9. The van der Waals surface area contributed by atoms with E-state index < -0.39 is 11.9 Å². The number of carbonyl (C=O) groups excluding carboxylic acids is 4. The third-order valence-electron chi connectivity index (χ3n) is 10.4. The van der Waals surface area contributed by atoms with Gasteiger partial charge in [0, 0.05) is 56.9 Å². The predicted molar refractivity (Wildman–Crippen MR) is 267 cm³/mol. The highest BCUT2D eigenvalue weighted by atomic mass is 16.5. The van der Waals surface area contributed by atoms with Gasteiger partial charge in [-0.3, -0.25) is 9.59 Å². The van der Waals surface area contributed by atoms with E-state index in [1.54, 1.807) is 48.5 Å². The minimum absolute atomic E-state index is 0.233. The fourth-order valence-electron chi connectivity index (χ4n) is 6.71. The van der Waals surface area contributed by atoms with Crippen LogP contribution in [0, 0.1) is 37.5 Å². The molecule has 342 valence electrons. The van der Waals surface area contributed by atoms with Gasteiger partial charge in [0.1, 0.15) is 11.5 Å². The number of aryl methyl sites for hydroxylation is 2. The summed E-state index contributed by atoms with van der Waals surface area (Å²) in [5.74, 6) is 13.0. The molecular weight excluding hydrogens is 853 g/mol. The number of esters is 2. The molecule has 68 heavy (non-hydrogen) atoms. The molecule has 10 heteroatoms. The van der Waals surface area contributed by atoms with Crippen molar-refractivity contribution in [2.45, 2.75) is 39.5 Å². The zero-order chi connectivity index (χ0) is 48.1. The van der Waals surface area contributed by atoms with Crippen molar-refractivity contribution < 1.29 is 38.1 Å². The van der Waals surface area contributed by atoms with Gasteiger partial charge in [-0.15, -0.1) is 0 Å². The van der Waals surface area contributed by atoms with Crippen molar-refractivity contribution in [3.8, 4) is 46.3 Å². The highest BCUT2D eigenvalue weighted by molar-refractivity contribution is 6.05. The van der Waals surface area contributed by atoms with Crippen LogP contribution >= 0.6 is 0 Å². The molecule has 0 aliphatic heterocycles. The first-order chi connectivity index (χ1) is 33.1. The van der Waals surface area contributed by atoms with Crippen molar-refractivity contribution >= 4 is 35.1 Å². The Hall–Kier alpha value is -8.60. The quantitative estimate of drug-likeness (QED) is 0.0356. The predicted octanol–water partition coefficient (Wildman–Crippen LogP) is 11.1. The summed E-state index contributed by atoms with van der Waals surface area (Å²) in [6.07, 6.45) is 5.08. The van der Waals surface area contributed by atoms with Crippen LogP contribution in [0.3, 0.4) is 0 Å². The van der Waals surface area contributed by atoms with Gasteiger partial charge in [-0.25, -0.2) is 9.59 Å². The van der Waals surface area contributed by atoms with E-state index >= 15 is 0 Å². The number of unbranched alkanes of at least 4 members (excludes halogenated alkanes) is 2. The highest BCUT2D eigenvalue weighted by Crippen LogP contribution is 2.28. The summed E-state index contributed by atoms with van der Waals surface area (Å²) in [5.41, 5.74) is 10.2. The molecular formula is C58H52N2O8. The van der Waals surface area contributed by atoms with Crippen molar-refractivity contribution in [1.82, 2.24) is 0 Å². The fourth-order valence-corrected chi connectivity index (χ4v) is 6.71. The van der Waals surface area contributed by atoms with Gasteiger partial charge in [-0.05, 0) is 183 Å². The number of hydrogen-bond donors (Lipinski definition) is 2. The van der Waals surface area contributed by atoms with E-state index in [2.05, 4.69) is 85.6 Å². The van der Waals surface area contributed by atoms with Crippen LogP contribution in [0.4, 0.5) is 11.4 Å². The summed E-state index contributed by atoms with van der Waals surface area (Å²) in [6.45, 7) is 12.5. The van der Waals surface area contributed by atoms with Crippen LogP contribution in [-0.4, -0.2) is 50.2 Å². The topological polar surface area (TPSA) is 129 Å². The summed E-state index contributed by atoms with van der Waals surface area (Å²) in [5, 5.41) is 5.85. The van der Waals surface area contributed by atoms with Crippen molar-refractivity contribution in [3.63, 3.8) is 0 Å². The molecule has 6 aromatic rings. The number of rotatable bonds is 19. The van der Waals surface area contributed by atoms with Gasteiger partial charge in [0.2, 0.25) is 0 Å². The number of hydrogen-bond acceptors (Lipinski definition) is 8. The lowest BCUT2D eigenvalue weighted by Gasteiger charge is -2.10. The number of benzene rings is 6. The van der Waals surface area contributed by atoms with E-state index in [9.17, 15) is 19.2 Å². The molecule has 0 saturated carbocycles. The van der Waals surface area contributed by atoms with Crippen LogP contribution < -0.4 is 20.1 Å². The van der Waals surface area contributed by atoms with Crippen LogP contribution in [0.1, 0.15) is 79.8 Å². The third-order valence-corrected chi connectivity index (χ3v) is 10.4. The van der Waals surface area contributed by atoms with E-state index in [1.165, 1.54) is 0 Å². The maximum Gasteiger partial charge on any atom is 0.330 e. The largest absolute Gasteiger partial charge is 0.494 e. The van der Waals surface area contributed by atoms with E-state index in [4.69, 9.17) is 18.9 Å². The summed E-state index contributed by atoms with van der Waals surface area (Å²) < 4.78 is 21.4. The Bertz CT molecular complexity index is 2660. The zero-order valence-electron chi connectivity index (χ0n) is 38.2. The molecule has 0 bridgehead atoms. The second-order valence-corrected chi connectivity index (χ2v) is 15.5. The van der Waals surface area contributed by atoms with Crippen molar-refractivity contribution in [1.29, 1.82) is 0 Å². The molecule has 0 aromatic heterocycles. The maximum absolute atomic E-state index is 12.9. The summed E-state index contributed by atoms with van der Waals surface area (Å²) >= 11 is 0. The minimum Gasteiger partial charge on any atom is -0.494 e. The molecule has 2 N–H and O–H groups in total. The average Bonchev–Trinajstić information content (AvgIpc) is 3.36. The average molecular weight is 905 g/mol. The van der Waals surface area contributed by atoms with E-state index in [0.29, 0.717) is 73.3 Å². The second kappa shape index (κ2) is 25.2. The van der Waals surface area contributed by atoms with E-state index in [0.717, 1.165) is 69.5 Å². The van der Waals surface area contributed by atoms with Gasteiger partial charge in [-0.2, -0.15) is 0 Å². The molecule has 0 atom stereocenters. The van der Waals surface area contributed by atoms with E-state index in [-0.39, 0.29) is 11.8 Å². The molecule has 0 unspecified atom stereocenters. The Morgan fingerprint density at radius 2 is 0.794 bits per heavy atom. The molecule has 10 nitrogen and oxygen atoms in total. The molecule has 0 aliphatic rings. The van der Waals surface area contributed by atoms with Gasteiger partial charge in [-0.1, -0.05) is 49.0 Å². The Labute approximate surface area is 398 Å². The second-order valence-electron chi connectivity index (χ2n) is 15.5. The lowest BCUT2D eigenvalue weighted by Crippen LogP contribution is -2.11. The van der Waals surface area contributed by atoms with Gasteiger partial charge in [0.25, 0.3) is 11.8 Å². The number of ether oxygens (including phenoxy) is 4. The standard InChI is InChI=1S/C58H52N2O8/c1-5-55(61)67-37-9-7-35-65-51-29-21-47(22-30-51)57(63)59-49-25-15-43(16-26-49)11-13-45-19-33-53(41(3)39-45)54-34-20-46(40-42(54)4)14-12-44-17-27-50(28-18-44)60-58(64)48-23-31-52(32-24-48)66-36-8-10-38-68-56(62)6-2/h5-6,15-34,39-40H,1-2,7-10,35-38H2,3-4H3,(H,59,63)(H,60,64). The van der Waals surface area contributed by atoms with Crippen LogP contribution in [-0.2, 0) is 19.1 Å². The normalized spacial score (nSPS) is 10.2. The van der Waals surface area contributed by atoms with Crippen LogP contribution in [0.2, 0.25) is 0 Å². The first-order valence-corrected chi connectivity index (χ1v) is 22.2. The van der Waals surface area contributed by atoms with Crippen molar-refractivity contribution in [3.05, 3.63) is 203 Å². The van der Waals surface area contributed by atoms with Gasteiger partial charge >= 0.3 is 11.9 Å². The SMILES string of the molecule is C=CC(=O)OCCCCOc1ccc(C(=O)Nc2ccc(C#Cc3ccc(-c4ccc(C#Cc5ccc(NC(=O)c6ccc(OCCCCOC(=O)C=C)cc6)cc5)cc4C)c(C)c3)cc2)cc1. The molecule has 6 aromatic carbocycles. The molecule has 2 amide bonds. The summed E-state index contributed by atoms with van der Waals surface area (Å²) in [4.78, 5) is 48.0. The Kier molecular flexibility index (Phi) is 18.1. The molecule has 0 aliphatic carbocycles. The van der Waals surface area contributed by atoms with Crippen LogP contribution in [0.25, 0.3) is 11.1 Å². The first-order valence-electron chi connectivity index (χ1n) is 22.2. The Morgan fingerprint density at radius 1 is 0.456 bits per heavy atom. The lowest BCUT2D eigenvalue weighted by atomic mass is 9.94. The smallest absolute Gasteiger partial charge is 0.330 e. The summed E-state index contributed by atoms with van der Waals surface area (Å²) in [7, 11) is 0. The molecule has 0 saturated heterocycles. The minimum atomic E-state index is -0.434. The molecule has 0 radical (unpaired) electrons. The van der Waals surface area contributed by atoms with Gasteiger partial charge in [0.05, 0.1) is 26.4 Å². The Balaban J connectivity index is 0.949. The first kappa shape index (κ1) is 48.8. The number of amides is 2. The number of carbonyl (C=O) groups is 4. The monoisotopic (exact) mass is 904 g/mol. The van der Waals surface area contributed by atoms with Crippen LogP contribution in [0.15, 0.2) is 159 Å². The third kappa shape index (κ3) is 15.3. The Morgan fingerprint density at radius 3 is 1.15 bits per heavy atom. The molecule has 6 rings (SSSR count). The van der Waals surface area contributed by atoms with Crippen molar-refractivity contribution in [2.24, 2.45) is 0 Å². The molecule has 0 fully saturated rings. The lowest BCUT2D eigenvalue weighted by molar-refractivity contribution is -0.138.